The third-order valence-corrected chi connectivity index (χ3v) is 6.90. The Labute approximate surface area is 240 Å². The second-order valence-corrected chi connectivity index (χ2v) is 10.8. The molecular weight excluding hydrogens is 524 g/mol. The van der Waals surface area contributed by atoms with Gasteiger partial charge in [-0.1, -0.05) is 67.6 Å². The van der Waals surface area contributed by atoms with Crippen molar-refractivity contribution in [2.75, 3.05) is 38.3 Å². The lowest BCUT2D eigenvalue weighted by molar-refractivity contribution is -0.135. The van der Waals surface area contributed by atoms with Crippen LogP contribution >= 0.6 is 0 Å². The molecule has 1 aliphatic heterocycles. The van der Waals surface area contributed by atoms with E-state index in [1.165, 1.54) is 24.4 Å². The maximum absolute atomic E-state index is 14.0. The molecule has 41 heavy (non-hydrogen) atoms. The zero-order valence-electron chi connectivity index (χ0n) is 24.3. The molecule has 0 radical (unpaired) electrons. The molecule has 4 rings (SSSR count). The van der Waals surface area contributed by atoms with Gasteiger partial charge in [0.1, 0.15) is 11.6 Å². The number of hydrogen-bond donors (Lipinski definition) is 0. The van der Waals surface area contributed by atoms with Crippen molar-refractivity contribution in [3.63, 3.8) is 0 Å². The van der Waals surface area contributed by atoms with E-state index < -0.39 is 23.7 Å². The van der Waals surface area contributed by atoms with Crippen molar-refractivity contribution in [1.82, 2.24) is 24.9 Å². The normalized spacial score (nSPS) is 14.9. The number of benzene rings is 2. The van der Waals surface area contributed by atoms with Crippen LogP contribution in [0.25, 0.3) is 0 Å². The number of methoxy groups -OCH3 is 1. The number of ether oxygens (including phenoxy) is 2. The van der Waals surface area contributed by atoms with Gasteiger partial charge in [-0.3, -0.25) is 9.69 Å². The molecule has 1 atom stereocenters. The van der Waals surface area contributed by atoms with Crippen molar-refractivity contribution in [3.05, 3.63) is 83.7 Å². The smallest absolute Gasteiger partial charge is 0.431 e. The monoisotopic (exact) mass is 562 g/mol. The molecule has 0 spiro atoms. The molecule has 0 N–H and O–H groups in total. The van der Waals surface area contributed by atoms with Crippen molar-refractivity contribution in [2.45, 2.75) is 51.8 Å². The van der Waals surface area contributed by atoms with Crippen molar-refractivity contribution < 1.29 is 23.9 Å². The second kappa shape index (κ2) is 12.9. The number of amides is 2. The number of carbonyl (C=O) groups is 3. The number of carbonyl (C=O) groups excluding carboxylic acids is 3. The molecule has 11 heteroatoms. The second-order valence-electron chi connectivity index (χ2n) is 10.8. The molecule has 2 heterocycles. The molecule has 0 bridgehead atoms. The Morgan fingerprint density at radius 2 is 1.49 bits per heavy atom. The van der Waals surface area contributed by atoms with Crippen molar-refractivity contribution >= 4 is 18.0 Å². The van der Waals surface area contributed by atoms with E-state index in [-0.39, 0.29) is 24.1 Å². The highest BCUT2D eigenvalue weighted by molar-refractivity contribution is 5.94. The van der Waals surface area contributed by atoms with E-state index in [0.29, 0.717) is 26.2 Å². The van der Waals surface area contributed by atoms with Crippen molar-refractivity contribution in [1.29, 1.82) is 0 Å². The molecule has 0 unspecified atom stereocenters. The highest BCUT2D eigenvalue weighted by Crippen LogP contribution is 2.29. The largest absolute Gasteiger partial charge is 0.464 e. The van der Waals surface area contributed by atoms with E-state index in [4.69, 9.17) is 9.47 Å². The zero-order chi connectivity index (χ0) is 29.6. The summed E-state index contributed by atoms with van der Waals surface area (Å²) in [6.45, 7) is 9.19. The highest BCUT2D eigenvalue weighted by atomic mass is 16.6. The van der Waals surface area contributed by atoms with E-state index >= 15 is 0 Å². The molecule has 1 aromatic heterocycles. The molecule has 1 saturated heterocycles. The van der Waals surface area contributed by atoms with Gasteiger partial charge in [-0.15, -0.1) is 9.89 Å². The molecule has 1 aliphatic rings. The summed E-state index contributed by atoms with van der Waals surface area (Å²) in [7, 11) is 1.22. The third-order valence-electron chi connectivity index (χ3n) is 6.90. The van der Waals surface area contributed by atoms with Crippen LogP contribution < -0.4 is 5.01 Å². The molecule has 3 aromatic rings. The van der Waals surface area contributed by atoms with Crippen LogP contribution in [0.1, 0.15) is 61.8 Å². The average molecular weight is 563 g/mol. The van der Waals surface area contributed by atoms with E-state index in [9.17, 15) is 14.4 Å². The van der Waals surface area contributed by atoms with Gasteiger partial charge in [0.05, 0.1) is 19.3 Å². The first-order valence-corrected chi connectivity index (χ1v) is 13.8. The molecule has 218 valence electrons. The fourth-order valence-corrected chi connectivity index (χ4v) is 5.02. The molecule has 11 nitrogen and oxygen atoms in total. The summed E-state index contributed by atoms with van der Waals surface area (Å²) in [6.07, 6.45) is 0.627. The number of rotatable bonds is 8. The minimum atomic E-state index is -0.986. The van der Waals surface area contributed by atoms with Gasteiger partial charge in [0.15, 0.2) is 5.69 Å². The molecule has 0 saturated carbocycles. The fraction of sp³-hybridized carbons (Fsp3) is 0.433. The zero-order valence-corrected chi connectivity index (χ0v) is 24.3. The van der Waals surface area contributed by atoms with Crippen LogP contribution in [0.5, 0.6) is 0 Å². The summed E-state index contributed by atoms with van der Waals surface area (Å²) in [5, 5.41) is 8.81. The SMILES string of the molecule is CC[C@@H](C(=O)N1CCN(C(c2ccccc2)c2ccccc2)CC1)N(C(=O)OC(C)(C)C)n1nncc1C(=O)OC. The van der Waals surface area contributed by atoms with Gasteiger partial charge in [0.2, 0.25) is 5.91 Å². The summed E-state index contributed by atoms with van der Waals surface area (Å²) in [5.74, 6) is -1.01. The average Bonchev–Trinajstić information content (AvgIpc) is 3.45. The minimum absolute atomic E-state index is 0.0487. The molecule has 2 aromatic carbocycles. The maximum Gasteiger partial charge on any atom is 0.431 e. The lowest BCUT2D eigenvalue weighted by Crippen LogP contribution is -2.60. The molecular formula is C30H38N6O5. The van der Waals surface area contributed by atoms with Crippen molar-refractivity contribution in [2.24, 2.45) is 0 Å². The summed E-state index contributed by atoms with van der Waals surface area (Å²) in [6, 6.07) is 19.7. The topological polar surface area (TPSA) is 110 Å². The quantitative estimate of drug-likeness (QED) is 0.383. The van der Waals surface area contributed by atoms with E-state index in [1.54, 1.807) is 32.6 Å². The minimum Gasteiger partial charge on any atom is -0.464 e. The van der Waals surface area contributed by atoms with Gasteiger partial charge in [0, 0.05) is 26.2 Å². The Bertz CT molecular complexity index is 1280. The van der Waals surface area contributed by atoms with Gasteiger partial charge in [0.25, 0.3) is 0 Å². The van der Waals surface area contributed by atoms with Crippen LogP contribution in [0.4, 0.5) is 4.79 Å². The predicted octanol–water partition coefficient (Wildman–Crippen LogP) is 3.65. The summed E-state index contributed by atoms with van der Waals surface area (Å²) in [4.78, 5) is 45.0. The van der Waals surface area contributed by atoms with Crippen LogP contribution in [0.15, 0.2) is 66.9 Å². The molecule has 2 amide bonds. The Hall–Kier alpha value is -4.25. The van der Waals surface area contributed by atoms with Gasteiger partial charge in [-0.2, -0.15) is 5.01 Å². The molecule has 1 fully saturated rings. The Balaban J connectivity index is 1.58. The first kappa shape index (κ1) is 29.7. The van der Waals surface area contributed by atoms with Gasteiger partial charge < -0.3 is 14.4 Å². The Morgan fingerprint density at radius 1 is 0.927 bits per heavy atom. The first-order valence-electron chi connectivity index (χ1n) is 13.8. The van der Waals surface area contributed by atoms with Gasteiger partial charge in [-0.05, 0) is 43.5 Å². The summed E-state index contributed by atoms with van der Waals surface area (Å²) < 4.78 is 10.5. The first-order chi connectivity index (χ1) is 19.6. The lowest BCUT2D eigenvalue weighted by atomic mass is 9.96. The number of nitrogens with zero attached hydrogens (tertiary/aromatic N) is 6. The predicted molar refractivity (Wildman–Crippen MR) is 153 cm³/mol. The van der Waals surface area contributed by atoms with Crippen molar-refractivity contribution in [3.8, 4) is 0 Å². The molecule has 0 aliphatic carbocycles. The van der Waals surface area contributed by atoms with Gasteiger partial charge >= 0.3 is 12.1 Å². The van der Waals surface area contributed by atoms with E-state index in [2.05, 4.69) is 39.5 Å². The summed E-state index contributed by atoms with van der Waals surface area (Å²) in [5.41, 5.74) is 1.42. The lowest BCUT2D eigenvalue weighted by Gasteiger charge is -2.41. The Morgan fingerprint density at radius 3 is 1.98 bits per heavy atom. The van der Waals surface area contributed by atoms with E-state index in [1.807, 2.05) is 36.4 Å². The van der Waals surface area contributed by atoms with E-state index in [0.717, 1.165) is 9.80 Å². The Kier molecular flexibility index (Phi) is 9.38. The standard InChI is InChI=1S/C30H38N6O5/c1-6-24(35(29(39)41-30(2,3)4)36-25(21-31-32-36)28(38)40-5)27(37)34-19-17-33(18-20-34)26(22-13-9-7-10-14-22)23-15-11-8-12-16-23/h7-16,21,24,26H,6,17-20H2,1-5H3/t24-/m0/s1. The highest BCUT2D eigenvalue weighted by Gasteiger charge is 2.39. The van der Waals surface area contributed by atoms with Gasteiger partial charge in [-0.25, -0.2) is 9.59 Å². The summed E-state index contributed by atoms with van der Waals surface area (Å²) >= 11 is 0. The van der Waals surface area contributed by atoms with Crippen LogP contribution in [0, 0.1) is 0 Å². The third kappa shape index (κ3) is 6.91. The van der Waals surface area contributed by atoms with Crippen LogP contribution in [0.3, 0.4) is 0 Å². The fourth-order valence-electron chi connectivity index (χ4n) is 5.02. The number of esters is 1. The number of aromatic nitrogens is 3. The van der Waals surface area contributed by atoms with Crippen LogP contribution in [-0.2, 0) is 14.3 Å². The van der Waals surface area contributed by atoms with Crippen LogP contribution in [0.2, 0.25) is 0 Å². The van der Waals surface area contributed by atoms with Crippen LogP contribution in [-0.4, -0.2) is 87.8 Å². The maximum atomic E-state index is 14.0. The number of piperazine rings is 1. The number of hydrogen-bond acceptors (Lipinski definition) is 8.